The van der Waals surface area contributed by atoms with Crippen molar-refractivity contribution in [3.8, 4) is 22.9 Å². The van der Waals surface area contributed by atoms with Gasteiger partial charge >= 0.3 is 0 Å². The molecule has 1 aromatic heterocycles. The van der Waals surface area contributed by atoms with Crippen LogP contribution < -0.4 is 0 Å². The van der Waals surface area contributed by atoms with Crippen LogP contribution in [0.2, 0.25) is 0 Å². The molecule has 0 saturated heterocycles. The maximum atomic E-state index is 9.75. The number of aryl methyl sites for hydroxylation is 1. The van der Waals surface area contributed by atoms with Crippen molar-refractivity contribution in [2.75, 3.05) is 0 Å². The first kappa shape index (κ1) is 10.1. The minimum atomic E-state index is 0.121. The Hall–Kier alpha value is -2.41. The Kier molecular flexibility index (Phi) is 2.52. The van der Waals surface area contributed by atoms with Gasteiger partial charge in [0.2, 0.25) is 5.82 Å². The normalized spacial score (nSPS) is 9.75. The summed E-state index contributed by atoms with van der Waals surface area (Å²) in [5, 5.41) is 18.3. The highest BCUT2D eigenvalue weighted by atomic mass is 16.3. The number of rotatable bonds is 1. The van der Waals surface area contributed by atoms with Crippen LogP contribution in [0.4, 0.5) is 0 Å². The van der Waals surface area contributed by atoms with E-state index in [1.54, 1.807) is 12.1 Å². The van der Waals surface area contributed by atoms with Crippen LogP contribution in [-0.4, -0.2) is 15.1 Å². The van der Waals surface area contributed by atoms with Crippen LogP contribution >= 0.6 is 0 Å². The van der Waals surface area contributed by atoms with E-state index in [0.29, 0.717) is 11.1 Å². The third-order valence-corrected chi connectivity index (χ3v) is 2.22. The average molecular weight is 211 g/mol. The maximum absolute atomic E-state index is 9.75. The molecule has 2 rings (SSSR count). The number of nitrogens with zero attached hydrogens (tertiary/aromatic N) is 3. The lowest BCUT2D eigenvalue weighted by atomic mass is 10.1. The molecule has 78 valence electrons. The summed E-state index contributed by atoms with van der Waals surface area (Å²) in [7, 11) is 0. The highest BCUT2D eigenvalue weighted by molar-refractivity contribution is 5.69. The van der Waals surface area contributed by atoms with Crippen molar-refractivity contribution >= 4 is 0 Å². The van der Waals surface area contributed by atoms with E-state index < -0.39 is 0 Å². The second-order valence-electron chi connectivity index (χ2n) is 3.43. The number of hydrogen-bond donors (Lipinski definition) is 1. The van der Waals surface area contributed by atoms with Crippen molar-refractivity contribution in [3.63, 3.8) is 0 Å². The molecule has 1 heterocycles. The first-order valence-electron chi connectivity index (χ1n) is 4.73. The number of aromatic nitrogens is 2. The lowest BCUT2D eigenvalue weighted by Gasteiger charge is -2.04. The van der Waals surface area contributed by atoms with Gasteiger partial charge in [0.15, 0.2) is 0 Å². The maximum Gasteiger partial charge on any atom is 0.232 e. The topological polar surface area (TPSA) is 69.8 Å². The van der Waals surface area contributed by atoms with Gasteiger partial charge in [-0.2, -0.15) is 5.26 Å². The van der Waals surface area contributed by atoms with Crippen molar-refractivity contribution in [1.29, 1.82) is 5.26 Å². The van der Waals surface area contributed by atoms with Gasteiger partial charge in [-0.05, 0) is 18.6 Å². The van der Waals surface area contributed by atoms with Gasteiger partial charge in [0, 0.05) is 23.5 Å². The van der Waals surface area contributed by atoms with Gasteiger partial charge in [0.05, 0.1) is 0 Å². The van der Waals surface area contributed by atoms with Gasteiger partial charge in [-0.25, -0.2) is 9.97 Å². The molecule has 0 saturated carbocycles. The summed E-state index contributed by atoms with van der Waals surface area (Å²) in [6.45, 7) is 1.90. The lowest BCUT2D eigenvalue weighted by Crippen LogP contribution is -1.89. The SMILES string of the molecule is Cc1ccc(-c2cnc(C#N)nc2)c(O)c1. The fourth-order valence-electron chi connectivity index (χ4n) is 1.41. The molecule has 16 heavy (non-hydrogen) atoms. The van der Waals surface area contributed by atoms with Gasteiger partial charge in [-0.1, -0.05) is 12.1 Å². The summed E-state index contributed by atoms with van der Waals surface area (Å²) in [5.41, 5.74) is 2.34. The number of phenolic OH excluding ortho intramolecular Hbond substituents is 1. The van der Waals surface area contributed by atoms with E-state index in [4.69, 9.17) is 5.26 Å². The zero-order chi connectivity index (χ0) is 11.5. The smallest absolute Gasteiger partial charge is 0.232 e. The Bertz CT molecular complexity index is 555. The Balaban J connectivity index is 2.47. The second kappa shape index (κ2) is 3.99. The molecular weight excluding hydrogens is 202 g/mol. The predicted molar refractivity (Wildman–Crippen MR) is 58.6 cm³/mol. The molecule has 0 aliphatic heterocycles. The largest absolute Gasteiger partial charge is 0.507 e. The molecule has 0 bridgehead atoms. The summed E-state index contributed by atoms with van der Waals surface area (Å²) in [4.78, 5) is 7.71. The molecule has 0 atom stereocenters. The quantitative estimate of drug-likeness (QED) is 0.783. The molecule has 0 unspecified atom stereocenters. The Morgan fingerprint density at radius 3 is 2.50 bits per heavy atom. The molecule has 1 aromatic carbocycles. The average Bonchev–Trinajstić information content (AvgIpc) is 2.29. The van der Waals surface area contributed by atoms with Crippen molar-refractivity contribution in [1.82, 2.24) is 9.97 Å². The molecule has 0 radical (unpaired) electrons. The molecule has 0 spiro atoms. The van der Waals surface area contributed by atoms with Crippen molar-refractivity contribution in [3.05, 3.63) is 42.0 Å². The van der Waals surface area contributed by atoms with E-state index in [-0.39, 0.29) is 11.6 Å². The standard InChI is InChI=1S/C12H9N3O/c1-8-2-3-10(11(16)4-8)9-6-14-12(5-13)15-7-9/h2-4,6-7,16H,1H3. The Morgan fingerprint density at radius 2 is 1.94 bits per heavy atom. The van der Waals surface area contributed by atoms with Crippen LogP contribution in [0.1, 0.15) is 11.4 Å². The Labute approximate surface area is 92.8 Å². The Morgan fingerprint density at radius 1 is 1.25 bits per heavy atom. The number of hydrogen-bond acceptors (Lipinski definition) is 4. The monoisotopic (exact) mass is 211 g/mol. The number of phenols is 1. The van der Waals surface area contributed by atoms with Gasteiger partial charge in [-0.15, -0.1) is 0 Å². The van der Waals surface area contributed by atoms with Gasteiger partial charge in [0.25, 0.3) is 0 Å². The fourth-order valence-corrected chi connectivity index (χ4v) is 1.41. The fraction of sp³-hybridized carbons (Fsp3) is 0.0833. The van der Waals surface area contributed by atoms with Crippen LogP contribution in [0.5, 0.6) is 5.75 Å². The zero-order valence-corrected chi connectivity index (χ0v) is 8.68. The first-order chi connectivity index (χ1) is 7.70. The van der Waals surface area contributed by atoms with E-state index in [2.05, 4.69) is 9.97 Å². The number of aromatic hydroxyl groups is 1. The molecule has 0 amide bonds. The first-order valence-corrected chi connectivity index (χ1v) is 4.73. The molecule has 0 fully saturated rings. The van der Waals surface area contributed by atoms with Crippen molar-refractivity contribution in [2.45, 2.75) is 6.92 Å². The molecular formula is C12H9N3O. The van der Waals surface area contributed by atoms with Crippen molar-refractivity contribution < 1.29 is 5.11 Å². The molecule has 1 N–H and O–H groups in total. The summed E-state index contributed by atoms with van der Waals surface area (Å²) in [6.07, 6.45) is 3.05. The van der Waals surface area contributed by atoms with Gasteiger partial charge in [-0.3, -0.25) is 0 Å². The molecule has 0 aliphatic carbocycles. The zero-order valence-electron chi connectivity index (χ0n) is 8.68. The van der Waals surface area contributed by atoms with E-state index in [1.807, 2.05) is 19.1 Å². The highest BCUT2D eigenvalue weighted by Gasteiger charge is 2.05. The summed E-state index contributed by atoms with van der Waals surface area (Å²) in [6, 6.07) is 7.22. The highest BCUT2D eigenvalue weighted by Crippen LogP contribution is 2.28. The van der Waals surface area contributed by atoms with E-state index in [1.165, 1.54) is 12.4 Å². The second-order valence-corrected chi connectivity index (χ2v) is 3.43. The lowest BCUT2D eigenvalue weighted by molar-refractivity contribution is 0.477. The van der Waals surface area contributed by atoms with Crippen LogP contribution in [0.3, 0.4) is 0 Å². The summed E-state index contributed by atoms with van der Waals surface area (Å²) in [5.74, 6) is 0.309. The van der Waals surface area contributed by atoms with Crippen LogP contribution in [0, 0.1) is 18.3 Å². The van der Waals surface area contributed by atoms with Crippen LogP contribution in [0.15, 0.2) is 30.6 Å². The minimum Gasteiger partial charge on any atom is -0.507 e. The predicted octanol–water partition coefficient (Wildman–Crippen LogP) is 2.03. The number of benzene rings is 1. The van der Waals surface area contributed by atoms with Gasteiger partial charge < -0.3 is 5.11 Å². The third-order valence-electron chi connectivity index (χ3n) is 2.22. The summed E-state index contributed by atoms with van der Waals surface area (Å²) >= 11 is 0. The van der Waals surface area contributed by atoms with Gasteiger partial charge in [0.1, 0.15) is 11.8 Å². The third kappa shape index (κ3) is 1.84. The van der Waals surface area contributed by atoms with Crippen LogP contribution in [0.25, 0.3) is 11.1 Å². The van der Waals surface area contributed by atoms with E-state index in [0.717, 1.165) is 5.56 Å². The molecule has 2 aromatic rings. The molecule has 4 nitrogen and oxygen atoms in total. The molecule has 4 heteroatoms. The number of nitriles is 1. The molecule has 0 aliphatic rings. The van der Waals surface area contributed by atoms with Crippen LogP contribution in [-0.2, 0) is 0 Å². The summed E-state index contributed by atoms with van der Waals surface area (Å²) < 4.78 is 0. The minimum absolute atomic E-state index is 0.121. The van der Waals surface area contributed by atoms with E-state index in [9.17, 15) is 5.11 Å². The van der Waals surface area contributed by atoms with Crippen molar-refractivity contribution in [2.24, 2.45) is 0 Å². The van der Waals surface area contributed by atoms with E-state index >= 15 is 0 Å².